The fourth-order valence-electron chi connectivity index (χ4n) is 1.38. The molecule has 0 aliphatic rings. The lowest BCUT2D eigenvalue weighted by atomic mass is 9.83. The molecule has 0 aliphatic carbocycles. The van der Waals surface area contributed by atoms with E-state index in [1.165, 1.54) is 7.11 Å². The molecule has 0 spiro atoms. The molecule has 1 atom stereocenters. The quantitative estimate of drug-likeness (QED) is 0.840. The van der Waals surface area contributed by atoms with Crippen LogP contribution < -0.4 is 4.74 Å². The van der Waals surface area contributed by atoms with Crippen LogP contribution in [0, 0.1) is 11.6 Å². The minimum absolute atomic E-state index is 0.322. The molecule has 0 heterocycles. The first kappa shape index (κ1) is 13.4. The number of benzene rings is 1. The molecule has 17 heavy (non-hydrogen) atoms. The van der Waals surface area contributed by atoms with Gasteiger partial charge >= 0.3 is 5.97 Å². The number of carboxylic acid groups (broad SMARTS) is 1. The van der Waals surface area contributed by atoms with Crippen LogP contribution in [-0.4, -0.2) is 29.9 Å². The first-order valence-corrected chi connectivity index (χ1v) is 4.74. The van der Waals surface area contributed by atoms with E-state index in [2.05, 4.69) is 4.74 Å². The molecule has 0 bridgehead atoms. The van der Waals surface area contributed by atoms with Crippen molar-refractivity contribution in [3.63, 3.8) is 0 Å². The number of rotatable bonds is 4. The van der Waals surface area contributed by atoms with E-state index in [1.54, 1.807) is 0 Å². The smallest absolute Gasteiger partial charge is 0.316 e. The van der Waals surface area contributed by atoms with Crippen molar-refractivity contribution in [2.45, 2.75) is 12.3 Å². The Bertz CT molecular complexity index is 447. The van der Waals surface area contributed by atoms with Crippen LogP contribution in [0.5, 0.6) is 5.75 Å². The second-order valence-corrected chi connectivity index (χ2v) is 3.76. The third kappa shape index (κ3) is 2.21. The van der Waals surface area contributed by atoms with Crippen molar-refractivity contribution in [3.05, 3.63) is 29.3 Å². The summed E-state index contributed by atoms with van der Waals surface area (Å²) in [4.78, 5) is 11.0. The third-order valence-corrected chi connectivity index (χ3v) is 2.62. The molecule has 2 N–H and O–H groups in total. The summed E-state index contributed by atoms with van der Waals surface area (Å²) in [6, 6.07) is 1.47. The molecule has 0 fully saturated rings. The van der Waals surface area contributed by atoms with E-state index in [0.29, 0.717) is 0 Å². The average Bonchev–Trinajstić information content (AvgIpc) is 2.30. The summed E-state index contributed by atoms with van der Waals surface area (Å²) in [6.45, 7) is 0.269. The number of aliphatic hydroxyl groups is 1. The summed E-state index contributed by atoms with van der Waals surface area (Å²) in [6.07, 6.45) is 0. The van der Waals surface area contributed by atoms with Gasteiger partial charge < -0.3 is 14.9 Å². The Morgan fingerprint density at radius 2 is 2.00 bits per heavy atom. The largest absolute Gasteiger partial charge is 0.494 e. The van der Waals surface area contributed by atoms with Crippen molar-refractivity contribution in [2.24, 2.45) is 0 Å². The number of hydrogen-bond donors (Lipinski definition) is 2. The van der Waals surface area contributed by atoms with Gasteiger partial charge in [0.25, 0.3) is 0 Å². The first-order chi connectivity index (χ1) is 7.86. The SMILES string of the molecule is COc1cc(F)c(C(C)(CO)C(=O)O)cc1F. The van der Waals surface area contributed by atoms with E-state index in [1.807, 2.05) is 0 Å². The summed E-state index contributed by atoms with van der Waals surface area (Å²) in [7, 11) is 1.17. The van der Waals surface area contributed by atoms with Crippen molar-refractivity contribution in [3.8, 4) is 5.75 Å². The molecule has 6 heteroatoms. The van der Waals surface area contributed by atoms with Gasteiger partial charge in [0.2, 0.25) is 0 Å². The molecule has 0 saturated heterocycles. The zero-order valence-electron chi connectivity index (χ0n) is 9.33. The van der Waals surface area contributed by atoms with E-state index >= 15 is 0 Å². The van der Waals surface area contributed by atoms with Crippen molar-refractivity contribution < 1.29 is 28.5 Å². The summed E-state index contributed by atoms with van der Waals surface area (Å²) in [5.74, 6) is -3.59. The minimum Gasteiger partial charge on any atom is -0.494 e. The Morgan fingerprint density at radius 1 is 1.41 bits per heavy atom. The predicted octanol–water partition coefficient (Wildman–Crippen LogP) is 1.31. The van der Waals surface area contributed by atoms with Crippen LogP contribution >= 0.6 is 0 Å². The summed E-state index contributed by atoms with van der Waals surface area (Å²) < 4.78 is 31.6. The number of methoxy groups -OCH3 is 1. The van der Waals surface area contributed by atoms with Crippen LogP contribution in [0.2, 0.25) is 0 Å². The van der Waals surface area contributed by atoms with E-state index in [4.69, 9.17) is 10.2 Å². The molecule has 1 aromatic carbocycles. The molecule has 94 valence electrons. The number of aliphatic hydroxyl groups excluding tert-OH is 1. The van der Waals surface area contributed by atoms with Crippen molar-refractivity contribution in [2.75, 3.05) is 13.7 Å². The number of aliphatic carboxylic acids is 1. The van der Waals surface area contributed by atoms with Crippen LogP contribution in [0.4, 0.5) is 8.78 Å². The molecule has 1 aromatic rings. The van der Waals surface area contributed by atoms with Crippen LogP contribution in [0.15, 0.2) is 12.1 Å². The van der Waals surface area contributed by atoms with Gasteiger partial charge in [0.15, 0.2) is 11.6 Å². The Kier molecular flexibility index (Phi) is 3.67. The van der Waals surface area contributed by atoms with Gasteiger partial charge in [0.1, 0.15) is 11.2 Å². The molecule has 0 radical (unpaired) electrons. The molecular weight excluding hydrogens is 234 g/mol. The van der Waals surface area contributed by atoms with Gasteiger partial charge in [-0.25, -0.2) is 8.78 Å². The molecular formula is C11H12F2O4. The molecule has 4 nitrogen and oxygen atoms in total. The monoisotopic (exact) mass is 246 g/mol. The highest BCUT2D eigenvalue weighted by Crippen LogP contribution is 2.30. The second kappa shape index (κ2) is 4.67. The Morgan fingerprint density at radius 3 is 2.41 bits per heavy atom. The maximum absolute atomic E-state index is 13.6. The maximum Gasteiger partial charge on any atom is 0.316 e. The van der Waals surface area contributed by atoms with Crippen LogP contribution in [0.3, 0.4) is 0 Å². The predicted molar refractivity (Wildman–Crippen MR) is 55.0 cm³/mol. The van der Waals surface area contributed by atoms with Gasteiger partial charge in [0, 0.05) is 11.6 Å². The van der Waals surface area contributed by atoms with Gasteiger partial charge in [0.05, 0.1) is 13.7 Å². The highest BCUT2D eigenvalue weighted by molar-refractivity contribution is 5.81. The second-order valence-electron chi connectivity index (χ2n) is 3.76. The third-order valence-electron chi connectivity index (χ3n) is 2.62. The fourth-order valence-corrected chi connectivity index (χ4v) is 1.38. The Labute approximate surface area is 96.5 Å². The highest BCUT2D eigenvalue weighted by Gasteiger charge is 2.38. The van der Waals surface area contributed by atoms with E-state index in [0.717, 1.165) is 19.1 Å². The fraction of sp³-hybridized carbons (Fsp3) is 0.364. The molecule has 0 amide bonds. The number of halogens is 2. The van der Waals surface area contributed by atoms with Gasteiger partial charge in [-0.05, 0) is 13.0 Å². The number of ether oxygens (including phenoxy) is 1. The minimum atomic E-state index is -1.89. The molecule has 1 unspecified atom stereocenters. The Balaban J connectivity index is 3.41. The van der Waals surface area contributed by atoms with Crippen LogP contribution in [-0.2, 0) is 10.2 Å². The summed E-state index contributed by atoms with van der Waals surface area (Å²) in [5.41, 5.74) is -2.32. The van der Waals surface area contributed by atoms with Gasteiger partial charge in [-0.1, -0.05) is 0 Å². The topological polar surface area (TPSA) is 66.8 Å². The highest BCUT2D eigenvalue weighted by atomic mass is 19.1. The van der Waals surface area contributed by atoms with Crippen LogP contribution in [0.1, 0.15) is 12.5 Å². The lowest BCUT2D eigenvalue weighted by molar-refractivity contribution is -0.144. The number of carbonyl (C=O) groups is 1. The number of hydrogen-bond acceptors (Lipinski definition) is 3. The van der Waals surface area contributed by atoms with Crippen molar-refractivity contribution >= 4 is 5.97 Å². The summed E-state index contributed by atoms with van der Waals surface area (Å²) in [5, 5.41) is 18.0. The maximum atomic E-state index is 13.6. The van der Waals surface area contributed by atoms with Crippen molar-refractivity contribution in [1.82, 2.24) is 0 Å². The normalized spacial score (nSPS) is 14.2. The standard InChI is InChI=1S/C11H12F2O4/c1-11(5-14,10(15)16)6-3-8(13)9(17-2)4-7(6)12/h3-4,14H,5H2,1-2H3,(H,15,16). The van der Waals surface area contributed by atoms with Gasteiger partial charge in [-0.2, -0.15) is 0 Å². The zero-order valence-corrected chi connectivity index (χ0v) is 9.33. The van der Waals surface area contributed by atoms with E-state index < -0.39 is 35.2 Å². The number of carboxylic acids is 1. The lowest BCUT2D eigenvalue weighted by Crippen LogP contribution is -2.37. The van der Waals surface area contributed by atoms with Gasteiger partial charge in [-0.3, -0.25) is 4.79 Å². The van der Waals surface area contributed by atoms with E-state index in [9.17, 15) is 13.6 Å². The van der Waals surface area contributed by atoms with Crippen molar-refractivity contribution in [1.29, 1.82) is 0 Å². The molecule has 0 saturated carbocycles. The molecule has 0 aliphatic heterocycles. The zero-order chi connectivity index (χ0) is 13.2. The molecule has 1 rings (SSSR count). The first-order valence-electron chi connectivity index (χ1n) is 4.74. The Hall–Kier alpha value is -1.69. The lowest BCUT2D eigenvalue weighted by Gasteiger charge is -2.23. The average molecular weight is 246 g/mol. The summed E-state index contributed by atoms with van der Waals surface area (Å²) >= 11 is 0. The van der Waals surface area contributed by atoms with Crippen LogP contribution in [0.25, 0.3) is 0 Å². The van der Waals surface area contributed by atoms with Gasteiger partial charge in [-0.15, -0.1) is 0 Å². The molecule has 0 aromatic heterocycles. The van der Waals surface area contributed by atoms with E-state index in [-0.39, 0.29) is 5.75 Å².